The molecule has 0 spiro atoms. The summed E-state index contributed by atoms with van der Waals surface area (Å²) in [4.78, 5) is 13.9. The minimum Gasteiger partial charge on any atom is -0.465 e. The number of nitrogens with one attached hydrogen (secondary N) is 2. The van der Waals surface area contributed by atoms with Crippen LogP contribution in [0.4, 0.5) is 0 Å². The number of ether oxygens (including phenoxy) is 1. The summed E-state index contributed by atoms with van der Waals surface area (Å²) in [5, 5.41) is 3.51. The smallest absolute Gasteiger partial charge is 0.339 e. The Morgan fingerprint density at radius 1 is 1.31 bits per heavy atom. The lowest BCUT2D eigenvalue weighted by atomic mass is 10.2. The number of esters is 1. The molecule has 11 heteroatoms. The van der Waals surface area contributed by atoms with Gasteiger partial charge in [-0.3, -0.25) is 0 Å². The Balaban J connectivity index is 0.00000312. The third-order valence-electron chi connectivity index (χ3n) is 3.79. The number of piperazine rings is 1. The molecule has 2 N–H and O–H groups in total. The largest absolute Gasteiger partial charge is 0.465 e. The van der Waals surface area contributed by atoms with Gasteiger partial charge in [0.2, 0.25) is 10.0 Å². The van der Waals surface area contributed by atoms with Crippen molar-refractivity contribution >= 4 is 52.4 Å². The number of sulfonamides is 1. The fourth-order valence-corrected chi connectivity index (χ4v) is 4.05. The molecule has 1 heterocycles. The van der Waals surface area contributed by atoms with E-state index in [1.54, 1.807) is 0 Å². The molecule has 1 aromatic carbocycles. The second-order valence-electron chi connectivity index (χ2n) is 5.48. The molecule has 1 aliphatic heterocycles. The first-order chi connectivity index (χ1) is 11.4. The van der Waals surface area contributed by atoms with Crippen LogP contribution in [-0.4, -0.2) is 65.7 Å². The van der Waals surface area contributed by atoms with Gasteiger partial charge in [-0.15, -0.1) is 24.8 Å². The fourth-order valence-electron chi connectivity index (χ4n) is 2.52. The normalized spacial score (nSPS) is 14.8. The van der Waals surface area contributed by atoms with E-state index >= 15 is 0 Å². The van der Waals surface area contributed by atoms with Crippen LogP contribution >= 0.6 is 36.4 Å². The Morgan fingerprint density at radius 2 is 1.96 bits per heavy atom. The van der Waals surface area contributed by atoms with E-state index in [0.29, 0.717) is 13.0 Å². The highest BCUT2D eigenvalue weighted by atomic mass is 35.5. The van der Waals surface area contributed by atoms with E-state index < -0.39 is 16.0 Å². The maximum atomic E-state index is 12.5. The number of methoxy groups -OCH3 is 1. The maximum absolute atomic E-state index is 12.5. The monoisotopic (exact) mass is 447 g/mol. The van der Waals surface area contributed by atoms with Crippen molar-refractivity contribution in [1.29, 1.82) is 0 Å². The highest BCUT2D eigenvalue weighted by Gasteiger charge is 2.23. The second kappa shape index (κ2) is 12.0. The van der Waals surface area contributed by atoms with Gasteiger partial charge in [0.25, 0.3) is 0 Å². The number of hydrogen-bond acceptors (Lipinski definition) is 6. The SMILES string of the molecule is COC(=O)c1ccc(Cl)cc1S(=O)(=O)NCCCN1CCNCC1.Cl.Cl. The van der Waals surface area contributed by atoms with Crippen LogP contribution in [0.25, 0.3) is 0 Å². The summed E-state index contributed by atoms with van der Waals surface area (Å²) < 4.78 is 32.1. The molecule has 0 saturated carbocycles. The van der Waals surface area contributed by atoms with Gasteiger partial charge >= 0.3 is 5.97 Å². The number of carbonyl (C=O) groups excluding carboxylic acids is 1. The quantitative estimate of drug-likeness (QED) is 0.486. The molecule has 26 heavy (non-hydrogen) atoms. The van der Waals surface area contributed by atoms with Crippen molar-refractivity contribution < 1.29 is 17.9 Å². The average molecular weight is 449 g/mol. The van der Waals surface area contributed by atoms with Crippen molar-refractivity contribution in [2.45, 2.75) is 11.3 Å². The highest BCUT2D eigenvalue weighted by molar-refractivity contribution is 7.89. The minimum absolute atomic E-state index is 0. The number of carbonyl (C=O) groups is 1. The molecule has 2 rings (SSSR count). The molecule has 0 radical (unpaired) electrons. The number of benzene rings is 1. The molecule has 1 aromatic rings. The zero-order valence-corrected chi connectivity index (χ0v) is 17.6. The molecule has 1 saturated heterocycles. The van der Waals surface area contributed by atoms with Gasteiger partial charge in [-0.2, -0.15) is 0 Å². The minimum atomic E-state index is -3.84. The summed E-state index contributed by atoms with van der Waals surface area (Å²) in [5.74, 6) is -0.715. The summed E-state index contributed by atoms with van der Waals surface area (Å²) in [6.45, 7) is 4.96. The Hall–Kier alpha value is -0.610. The van der Waals surface area contributed by atoms with Gasteiger partial charge in [0, 0.05) is 37.7 Å². The molecule has 0 aromatic heterocycles. The van der Waals surface area contributed by atoms with Crippen molar-refractivity contribution in [3.05, 3.63) is 28.8 Å². The van der Waals surface area contributed by atoms with E-state index in [-0.39, 0.29) is 40.3 Å². The summed E-state index contributed by atoms with van der Waals surface area (Å²) in [5.41, 5.74) is -0.0310. The fraction of sp³-hybridized carbons (Fsp3) is 0.533. The van der Waals surface area contributed by atoms with Crippen LogP contribution in [0.2, 0.25) is 5.02 Å². The first kappa shape index (κ1) is 25.4. The predicted octanol–water partition coefficient (Wildman–Crippen LogP) is 1.54. The number of rotatable bonds is 7. The van der Waals surface area contributed by atoms with Crippen LogP contribution in [0.1, 0.15) is 16.8 Å². The first-order valence-electron chi connectivity index (χ1n) is 7.74. The predicted molar refractivity (Wildman–Crippen MR) is 106 cm³/mol. The van der Waals surface area contributed by atoms with E-state index in [1.807, 2.05) is 0 Å². The molecule has 0 bridgehead atoms. The summed E-state index contributed by atoms with van der Waals surface area (Å²) >= 11 is 5.88. The molecule has 0 aliphatic carbocycles. The third kappa shape index (κ3) is 7.19. The lowest BCUT2D eigenvalue weighted by Gasteiger charge is -2.27. The van der Waals surface area contributed by atoms with E-state index in [9.17, 15) is 13.2 Å². The van der Waals surface area contributed by atoms with Gasteiger partial charge in [-0.05, 0) is 31.2 Å². The standard InChI is InChI=1S/C15H22ClN3O4S.2ClH/c1-23-15(20)13-4-3-12(16)11-14(13)24(21,22)18-5-2-8-19-9-6-17-7-10-19;;/h3-4,11,17-18H,2,5-10H2,1H3;2*1H. The van der Waals surface area contributed by atoms with Crippen molar-refractivity contribution in [2.24, 2.45) is 0 Å². The van der Waals surface area contributed by atoms with Gasteiger partial charge in [-0.1, -0.05) is 11.6 Å². The van der Waals surface area contributed by atoms with E-state index in [0.717, 1.165) is 32.7 Å². The molecule has 7 nitrogen and oxygen atoms in total. The van der Waals surface area contributed by atoms with Crippen LogP contribution in [-0.2, 0) is 14.8 Å². The third-order valence-corrected chi connectivity index (χ3v) is 5.53. The van der Waals surface area contributed by atoms with Crippen molar-refractivity contribution in [1.82, 2.24) is 14.9 Å². The van der Waals surface area contributed by atoms with Crippen molar-refractivity contribution in [3.8, 4) is 0 Å². The summed E-state index contributed by atoms with van der Waals surface area (Å²) in [6, 6.07) is 4.06. The molecule has 1 aliphatic rings. The molecule has 150 valence electrons. The van der Waals surface area contributed by atoms with Crippen LogP contribution in [0.5, 0.6) is 0 Å². The molecule has 0 unspecified atom stereocenters. The lowest BCUT2D eigenvalue weighted by Crippen LogP contribution is -2.44. The molecule has 0 amide bonds. The summed E-state index contributed by atoms with van der Waals surface area (Å²) in [6.07, 6.45) is 0.688. The number of hydrogen-bond donors (Lipinski definition) is 2. The maximum Gasteiger partial charge on any atom is 0.339 e. The van der Waals surface area contributed by atoms with Crippen molar-refractivity contribution in [3.63, 3.8) is 0 Å². The van der Waals surface area contributed by atoms with E-state index in [2.05, 4.69) is 19.7 Å². The number of nitrogens with zero attached hydrogens (tertiary/aromatic N) is 1. The van der Waals surface area contributed by atoms with Gasteiger partial charge in [0.1, 0.15) is 0 Å². The molecular weight excluding hydrogens is 425 g/mol. The van der Waals surface area contributed by atoms with E-state index in [4.69, 9.17) is 11.6 Å². The Bertz CT molecular complexity index is 683. The molecule has 0 atom stereocenters. The highest BCUT2D eigenvalue weighted by Crippen LogP contribution is 2.21. The Kier molecular flexibility index (Phi) is 11.7. The van der Waals surface area contributed by atoms with Crippen molar-refractivity contribution in [2.75, 3.05) is 46.4 Å². The lowest BCUT2D eigenvalue weighted by molar-refractivity contribution is 0.0596. The van der Waals surface area contributed by atoms with Gasteiger partial charge in [-0.25, -0.2) is 17.9 Å². The average Bonchev–Trinajstić information content (AvgIpc) is 2.59. The van der Waals surface area contributed by atoms with Crippen LogP contribution in [0.15, 0.2) is 23.1 Å². The number of halogens is 3. The molecule has 1 fully saturated rings. The Morgan fingerprint density at radius 3 is 2.58 bits per heavy atom. The second-order valence-corrected chi connectivity index (χ2v) is 7.65. The van der Waals surface area contributed by atoms with Crippen LogP contribution in [0, 0.1) is 0 Å². The van der Waals surface area contributed by atoms with Gasteiger partial charge in [0.15, 0.2) is 0 Å². The zero-order chi connectivity index (χ0) is 17.6. The first-order valence-corrected chi connectivity index (χ1v) is 9.61. The Labute approximate surface area is 171 Å². The van der Waals surface area contributed by atoms with E-state index in [1.165, 1.54) is 25.3 Å². The van der Waals surface area contributed by atoms with Crippen LogP contribution < -0.4 is 10.0 Å². The van der Waals surface area contributed by atoms with Crippen LogP contribution in [0.3, 0.4) is 0 Å². The zero-order valence-electron chi connectivity index (χ0n) is 14.4. The van der Waals surface area contributed by atoms with Gasteiger partial charge < -0.3 is 15.0 Å². The van der Waals surface area contributed by atoms with Gasteiger partial charge in [0.05, 0.1) is 17.6 Å². The summed E-state index contributed by atoms with van der Waals surface area (Å²) in [7, 11) is -2.64. The molecular formula is C15H24Cl3N3O4S. The topological polar surface area (TPSA) is 87.7 Å².